The molecule has 320 valence electrons. The van der Waals surface area contributed by atoms with Gasteiger partial charge in [0.1, 0.15) is 37.7 Å². The predicted octanol–water partition coefficient (Wildman–Crippen LogP) is 4.81. The number of rotatable bonds is 16. The van der Waals surface area contributed by atoms with Crippen LogP contribution in [0.5, 0.6) is 0 Å². The number of nitrogens with zero attached hydrogens (tertiary/aromatic N) is 6. The first-order valence-corrected chi connectivity index (χ1v) is 19.4. The van der Waals surface area contributed by atoms with Gasteiger partial charge in [-0.2, -0.15) is 0 Å². The van der Waals surface area contributed by atoms with E-state index in [4.69, 9.17) is 18.9 Å². The summed E-state index contributed by atoms with van der Waals surface area (Å²) in [6.07, 6.45) is -2.01. The van der Waals surface area contributed by atoms with Gasteiger partial charge in [-0.05, 0) is 78.4 Å². The van der Waals surface area contributed by atoms with E-state index in [1.165, 1.54) is 89.5 Å². The van der Waals surface area contributed by atoms with Crippen molar-refractivity contribution >= 4 is 58.9 Å². The zero-order chi connectivity index (χ0) is 44.1. The highest BCUT2D eigenvalue weighted by Gasteiger charge is 2.59. The molecule has 0 saturated carbocycles. The minimum Gasteiger partial charge on any atom is -0.461 e. The third kappa shape index (κ3) is 9.92. The fourth-order valence-corrected chi connectivity index (χ4v) is 8.42. The van der Waals surface area contributed by atoms with Crippen LogP contribution in [0.3, 0.4) is 0 Å². The van der Waals surface area contributed by atoms with Crippen LogP contribution in [0.4, 0.5) is 21.9 Å². The van der Waals surface area contributed by atoms with Crippen LogP contribution in [0.2, 0.25) is 0 Å². The topological polar surface area (TPSA) is 261 Å². The van der Waals surface area contributed by atoms with Crippen molar-refractivity contribution in [1.82, 2.24) is 14.1 Å². The van der Waals surface area contributed by atoms with Crippen molar-refractivity contribution in [2.75, 3.05) is 20.6 Å². The predicted molar refractivity (Wildman–Crippen MR) is 210 cm³/mol. The molecule has 6 rings (SSSR count). The molecule has 0 spiro atoms. The Bertz CT molecular complexity index is 2270. The smallest absolute Gasteiger partial charge is 0.461 e. The molecule has 0 radical (unpaired) electrons. The van der Waals surface area contributed by atoms with Crippen molar-refractivity contribution in [1.29, 1.82) is 0 Å². The van der Waals surface area contributed by atoms with Gasteiger partial charge < -0.3 is 28.7 Å². The first-order valence-electron chi connectivity index (χ1n) is 18.6. The summed E-state index contributed by atoms with van der Waals surface area (Å²) in [5.74, 6) is -4.15. The summed E-state index contributed by atoms with van der Waals surface area (Å²) < 4.78 is 23.4. The summed E-state index contributed by atoms with van der Waals surface area (Å²) in [5, 5.41) is 33.1. The van der Waals surface area contributed by atoms with Crippen molar-refractivity contribution in [3.05, 3.63) is 130 Å². The number of benzene rings is 3. The molecule has 0 bridgehead atoms. The standard InChI is InChI=1S/C39H38N6O15S/c1-22(60-39(50)59-21-25-8-14-29(15-9-25)45(55)56)33-30-17-32(34(42(30)36(33)47)38(49)58-20-24-6-12-28(13-7-24)44(53)54)61-41-18-26(16-31(41)35(46)40(2)3)37(48)57-19-23-4-10-27(11-5-23)43(51)52/h4-15,22,26,30-31,33H,16-21H2,1-3H3/t22?,26-,30+,31-,33+/m0/s1. The van der Waals surface area contributed by atoms with Crippen molar-refractivity contribution in [2.24, 2.45) is 11.8 Å². The molecule has 3 aliphatic heterocycles. The van der Waals surface area contributed by atoms with Crippen LogP contribution < -0.4 is 0 Å². The van der Waals surface area contributed by atoms with E-state index >= 15 is 0 Å². The van der Waals surface area contributed by atoms with E-state index in [-0.39, 0.29) is 67.9 Å². The lowest BCUT2D eigenvalue weighted by molar-refractivity contribution is -0.385. The van der Waals surface area contributed by atoms with Crippen molar-refractivity contribution in [2.45, 2.75) is 57.8 Å². The molecule has 2 fully saturated rings. The average Bonchev–Trinajstić information content (AvgIpc) is 3.80. The molecule has 5 atom stereocenters. The lowest BCUT2D eigenvalue weighted by Crippen LogP contribution is -2.62. The number of carbonyl (C=O) groups is 5. The SMILES string of the molecule is CC(OC(=O)OCc1ccc([N+](=O)[O-])cc1)[C@H]1C(=O)N2C(C(=O)OCc3ccc([N+](=O)[O-])cc3)=C(SN3C[C@@H](C(=O)OCc4ccc([N+](=O)[O-])cc4)C[C@H]3C(=O)N(C)C)C[C@H]12. The van der Waals surface area contributed by atoms with Crippen LogP contribution in [0.15, 0.2) is 83.4 Å². The second-order valence-corrected chi connectivity index (χ2v) is 15.6. The number of nitro groups is 3. The van der Waals surface area contributed by atoms with Gasteiger partial charge in [-0.15, -0.1) is 0 Å². The highest BCUT2D eigenvalue weighted by atomic mass is 32.2. The number of ether oxygens (including phenoxy) is 4. The Balaban J connectivity index is 1.17. The lowest BCUT2D eigenvalue weighted by Gasteiger charge is -2.45. The van der Waals surface area contributed by atoms with Gasteiger partial charge in [0.05, 0.1) is 32.6 Å². The molecular formula is C39H38N6O15S. The van der Waals surface area contributed by atoms with E-state index in [0.29, 0.717) is 21.6 Å². The summed E-state index contributed by atoms with van der Waals surface area (Å²) >= 11 is 1.01. The molecular weight excluding hydrogens is 825 g/mol. The van der Waals surface area contributed by atoms with Crippen LogP contribution in [-0.2, 0) is 57.9 Å². The van der Waals surface area contributed by atoms with Crippen LogP contribution in [0, 0.1) is 42.2 Å². The van der Waals surface area contributed by atoms with Crippen LogP contribution in [0.1, 0.15) is 36.5 Å². The third-order valence-corrected chi connectivity index (χ3v) is 11.5. The van der Waals surface area contributed by atoms with Gasteiger partial charge in [-0.3, -0.25) is 44.7 Å². The van der Waals surface area contributed by atoms with Crippen molar-refractivity contribution in [3.63, 3.8) is 0 Å². The maximum atomic E-state index is 13.9. The molecule has 21 nitrogen and oxygen atoms in total. The van der Waals surface area contributed by atoms with Crippen LogP contribution in [-0.4, -0.2) is 97.6 Å². The first kappa shape index (κ1) is 43.6. The Morgan fingerprint density at radius 1 is 0.770 bits per heavy atom. The van der Waals surface area contributed by atoms with Crippen molar-refractivity contribution in [3.8, 4) is 0 Å². The lowest BCUT2D eigenvalue weighted by atomic mass is 9.83. The van der Waals surface area contributed by atoms with Gasteiger partial charge >= 0.3 is 18.1 Å². The van der Waals surface area contributed by atoms with E-state index in [1.807, 2.05) is 0 Å². The molecule has 0 N–H and O–H groups in total. The summed E-state index contributed by atoms with van der Waals surface area (Å²) in [4.78, 5) is 102. The second kappa shape index (κ2) is 18.5. The number of hydrogen-bond donors (Lipinski definition) is 0. The Morgan fingerprint density at radius 2 is 1.25 bits per heavy atom. The van der Waals surface area contributed by atoms with Crippen molar-refractivity contribution < 1.29 is 57.7 Å². The molecule has 0 aromatic heterocycles. The molecule has 3 aromatic rings. The monoisotopic (exact) mass is 862 g/mol. The molecule has 0 aliphatic carbocycles. The zero-order valence-corrected chi connectivity index (χ0v) is 33.6. The first-order chi connectivity index (χ1) is 29.0. The van der Waals surface area contributed by atoms with E-state index in [0.717, 1.165) is 11.9 Å². The van der Waals surface area contributed by atoms with E-state index in [2.05, 4.69) is 0 Å². The molecule has 3 heterocycles. The average molecular weight is 863 g/mol. The number of esters is 2. The Morgan fingerprint density at radius 3 is 1.72 bits per heavy atom. The van der Waals surface area contributed by atoms with E-state index in [1.54, 1.807) is 18.4 Å². The van der Waals surface area contributed by atoms with Gasteiger partial charge in [0.25, 0.3) is 17.1 Å². The maximum Gasteiger partial charge on any atom is 0.508 e. The minimum absolute atomic E-state index is 0.00475. The number of non-ortho nitro benzene ring substituents is 3. The fourth-order valence-electron chi connectivity index (χ4n) is 7.06. The normalized spacial score (nSPS) is 19.9. The summed E-state index contributed by atoms with van der Waals surface area (Å²) in [6.45, 7) is 0.754. The Kier molecular flexibility index (Phi) is 13.3. The van der Waals surface area contributed by atoms with Gasteiger partial charge in [0, 0.05) is 68.4 Å². The van der Waals surface area contributed by atoms with E-state index in [9.17, 15) is 54.3 Å². The molecule has 2 saturated heterocycles. The number of fused-ring (bicyclic) bond motifs is 1. The molecule has 2 amide bonds. The molecule has 3 aromatic carbocycles. The number of amides is 2. The maximum absolute atomic E-state index is 13.9. The molecule has 22 heteroatoms. The Labute approximate surface area is 350 Å². The highest BCUT2D eigenvalue weighted by Crippen LogP contribution is 2.50. The van der Waals surface area contributed by atoms with E-state index < -0.39 is 68.8 Å². The van der Waals surface area contributed by atoms with Crippen LogP contribution >= 0.6 is 11.9 Å². The van der Waals surface area contributed by atoms with Gasteiger partial charge in [0.15, 0.2) is 0 Å². The zero-order valence-electron chi connectivity index (χ0n) is 32.8. The number of likely N-dealkylation sites (N-methyl/N-ethyl adjacent to an activating group) is 1. The number of nitro benzene ring substituents is 3. The quantitative estimate of drug-likeness (QED) is 0.0467. The second-order valence-electron chi connectivity index (χ2n) is 14.5. The minimum atomic E-state index is -1.10. The van der Waals surface area contributed by atoms with Crippen LogP contribution in [0.25, 0.3) is 0 Å². The largest absolute Gasteiger partial charge is 0.508 e. The molecule has 1 unspecified atom stereocenters. The Hall–Kier alpha value is -6.94. The van der Waals surface area contributed by atoms with Gasteiger partial charge in [-0.1, -0.05) is 0 Å². The summed E-state index contributed by atoms with van der Waals surface area (Å²) in [5.41, 5.74) is 0.833. The highest BCUT2D eigenvalue weighted by molar-refractivity contribution is 8.01. The van der Waals surface area contributed by atoms with Gasteiger partial charge in [-0.25, -0.2) is 13.9 Å². The third-order valence-electron chi connectivity index (χ3n) is 10.2. The van der Waals surface area contributed by atoms with Gasteiger partial charge in [0.2, 0.25) is 11.8 Å². The number of β-lactam (4-membered cyclic amide) rings is 1. The summed E-state index contributed by atoms with van der Waals surface area (Å²) in [7, 11) is 3.10. The fraction of sp³-hybridized carbons (Fsp3) is 0.359. The number of carbonyl (C=O) groups excluding carboxylic acids is 5. The summed E-state index contributed by atoms with van der Waals surface area (Å²) in [6, 6.07) is 14.6. The molecule has 3 aliphatic rings. The molecule has 61 heavy (non-hydrogen) atoms. The number of hydrogen-bond acceptors (Lipinski definition) is 17.